The monoisotopic (exact) mass is 242 g/mol. The zero-order valence-electron chi connectivity index (χ0n) is 9.35. The Kier molecular flexibility index (Phi) is 4.56. The highest BCUT2D eigenvalue weighted by Crippen LogP contribution is 2.00. The fourth-order valence-electron chi connectivity index (χ4n) is 1.76. The maximum absolute atomic E-state index is 11.2. The highest BCUT2D eigenvalue weighted by atomic mass is 32.2. The lowest BCUT2D eigenvalue weighted by molar-refractivity contribution is 0.298. The third-order valence-corrected chi connectivity index (χ3v) is 4.06. The minimum absolute atomic E-state index is 0.567. The van der Waals surface area contributed by atoms with Gasteiger partial charge in [-0.15, -0.1) is 0 Å². The zero-order chi connectivity index (χ0) is 11.2. The van der Waals surface area contributed by atoms with Crippen molar-refractivity contribution in [3.8, 4) is 0 Å². The predicted molar refractivity (Wildman–Crippen MR) is 64.7 cm³/mol. The molecule has 0 unspecified atom stereocenters. The number of hydrogen-bond acceptors (Lipinski definition) is 4. The molecule has 0 atom stereocenters. The molecule has 16 heavy (non-hydrogen) atoms. The predicted octanol–water partition coefficient (Wildman–Crippen LogP) is 0.433. The van der Waals surface area contributed by atoms with Crippen molar-refractivity contribution in [1.29, 1.82) is 0 Å². The van der Waals surface area contributed by atoms with Crippen molar-refractivity contribution >= 4 is 10.8 Å². The molecule has 1 aromatic heterocycles. The summed E-state index contributed by atoms with van der Waals surface area (Å²) in [6.07, 6.45) is 3.45. The largest absolute Gasteiger partial charge is 0.472 e. The molecule has 0 aromatic carbocycles. The van der Waals surface area contributed by atoms with Crippen molar-refractivity contribution in [3.63, 3.8) is 0 Å². The zero-order valence-corrected chi connectivity index (χ0v) is 10.2. The average molecular weight is 242 g/mol. The van der Waals surface area contributed by atoms with Gasteiger partial charge in [-0.1, -0.05) is 0 Å². The maximum Gasteiger partial charge on any atom is 0.0947 e. The Hall–Kier alpha value is -0.650. The summed E-state index contributed by atoms with van der Waals surface area (Å²) in [4.78, 5) is 2.36. The van der Waals surface area contributed by atoms with Crippen LogP contribution in [0, 0.1) is 0 Å². The lowest BCUT2D eigenvalue weighted by atomic mass is 10.3. The lowest BCUT2D eigenvalue weighted by Gasteiger charge is -2.25. The number of hydrogen-bond donors (Lipinski definition) is 1. The van der Waals surface area contributed by atoms with Gasteiger partial charge in [-0.3, -0.25) is 4.21 Å². The Bertz CT molecular complexity index is 317. The van der Waals surface area contributed by atoms with Crippen LogP contribution in [-0.2, 0) is 17.3 Å². The molecule has 0 aliphatic carbocycles. The van der Waals surface area contributed by atoms with E-state index in [1.807, 2.05) is 6.07 Å². The molecule has 2 rings (SSSR count). The van der Waals surface area contributed by atoms with Gasteiger partial charge in [0.25, 0.3) is 0 Å². The second-order valence-corrected chi connectivity index (χ2v) is 5.69. The van der Waals surface area contributed by atoms with Gasteiger partial charge in [-0.25, -0.2) is 0 Å². The van der Waals surface area contributed by atoms with E-state index in [9.17, 15) is 4.21 Å². The SMILES string of the molecule is O=S1CCN(CCNCc2ccoc2)CC1. The van der Waals surface area contributed by atoms with E-state index in [2.05, 4.69) is 10.2 Å². The highest BCUT2D eigenvalue weighted by Gasteiger charge is 2.13. The van der Waals surface area contributed by atoms with E-state index in [4.69, 9.17) is 4.42 Å². The fraction of sp³-hybridized carbons (Fsp3) is 0.636. The van der Waals surface area contributed by atoms with Gasteiger partial charge in [0.05, 0.1) is 12.5 Å². The minimum atomic E-state index is -0.567. The molecular formula is C11H18N2O2S. The molecule has 0 radical (unpaired) electrons. The van der Waals surface area contributed by atoms with Crippen molar-refractivity contribution in [2.24, 2.45) is 0 Å². The van der Waals surface area contributed by atoms with Gasteiger partial charge in [-0.2, -0.15) is 0 Å². The Morgan fingerprint density at radius 3 is 2.94 bits per heavy atom. The molecule has 2 heterocycles. The minimum Gasteiger partial charge on any atom is -0.472 e. The second kappa shape index (κ2) is 6.18. The molecule has 1 aliphatic rings. The third-order valence-electron chi connectivity index (χ3n) is 2.78. The molecule has 0 spiro atoms. The van der Waals surface area contributed by atoms with Gasteiger partial charge in [0.1, 0.15) is 0 Å². The first-order valence-corrected chi connectivity index (χ1v) is 7.12. The first-order chi connectivity index (χ1) is 7.84. The van der Waals surface area contributed by atoms with Crippen molar-refractivity contribution < 1.29 is 8.63 Å². The molecule has 5 heteroatoms. The molecule has 1 N–H and O–H groups in total. The van der Waals surface area contributed by atoms with E-state index >= 15 is 0 Å². The van der Waals surface area contributed by atoms with Crippen LogP contribution in [0.4, 0.5) is 0 Å². The number of nitrogens with one attached hydrogen (secondary N) is 1. The quantitative estimate of drug-likeness (QED) is 0.761. The van der Waals surface area contributed by atoms with Gasteiger partial charge in [0.15, 0.2) is 0 Å². The number of furan rings is 1. The van der Waals surface area contributed by atoms with Crippen LogP contribution in [0.3, 0.4) is 0 Å². The summed E-state index contributed by atoms with van der Waals surface area (Å²) in [5.41, 5.74) is 1.18. The van der Waals surface area contributed by atoms with Gasteiger partial charge >= 0.3 is 0 Å². The van der Waals surface area contributed by atoms with Gasteiger partial charge in [0, 0.05) is 60.6 Å². The normalized spacial score (nSPS) is 19.0. The maximum atomic E-state index is 11.2. The van der Waals surface area contributed by atoms with Crippen LogP contribution in [0.1, 0.15) is 5.56 Å². The molecule has 1 fully saturated rings. The third kappa shape index (κ3) is 3.73. The molecular weight excluding hydrogens is 224 g/mol. The van der Waals surface area contributed by atoms with Crippen LogP contribution in [0.25, 0.3) is 0 Å². The molecule has 1 saturated heterocycles. The average Bonchev–Trinajstić information content (AvgIpc) is 2.80. The number of nitrogens with zero attached hydrogens (tertiary/aromatic N) is 1. The van der Waals surface area contributed by atoms with Crippen LogP contribution in [0.5, 0.6) is 0 Å². The summed E-state index contributed by atoms with van der Waals surface area (Å²) < 4.78 is 16.1. The molecule has 0 bridgehead atoms. The van der Waals surface area contributed by atoms with Crippen LogP contribution < -0.4 is 5.32 Å². The van der Waals surface area contributed by atoms with Crippen LogP contribution in [0.2, 0.25) is 0 Å². The summed E-state index contributed by atoms with van der Waals surface area (Å²) >= 11 is 0. The Balaban J connectivity index is 1.56. The van der Waals surface area contributed by atoms with Gasteiger partial charge in [0.2, 0.25) is 0 Å². The van der Waals surface area contributed by atoms with E-state index in [1.165, 1.54) is 5.56 Å². The summed E-state index contributed by atoms with van der Waals surface area (Å²) in [6, 6.07) is 1.97. The van der Waals surface area contributed by atoms with E-state index in [0.717, 1.165) is 44.2 Å². The van der Waals surface area contributed by atoms with E-state index in [0.29, 0.717) is 0 Å². The Labute approximate surface area is 98.5 Å². The lowest BCUT2D eigenvalue weighted by Crippen LogP contribution is -2.41. The molecule has 4 nitrogen and oxygen atoms in total. The van der Waals surface area contributed by atoms with Crippen LogP contribution in [-0.4, -0.2) is 46.8 Å². The molecule has 0 amide bonds. The number of rotatable bonds is 5. The highest BCUT2D eigenvalue weighted by molar-refractivity contribution is 7.85. The van der Waals surface area contributed by atoms with Crippen LogP contribution >= 0.6 is 0 Å². The van der Waals surface area contributed by atoms with Crippen LogP contribution in [0.15, 0.2) is 23.0 Å². The summed E-state index contributed by atoms with van der Waals surface area (Å²) in [5.74, 6) is 1.67. The first-order valence-electron chi connectivity index (χ1n) is 5.64. The summed E-state index contributed by atoms with van der Waals surface area (Å²) in [6.45, 7) is 4.81. The Morgan fingerprint density at radius 2 is 2.25 bits per heavy atom. The van der Waals surface area contributed by atoms with Gasteiger partial charge in [-0.05, 0) is 6.07 Å². The molecule has 1 aromatic rings. The molecule has 90 valence electrons. The standard InChI is InChI=1S/C11H18N2O2S/c14-16-7-4-13(5-8-16)3-2-12-9-11-1-6-15-10-11/h1,6,10,12H,2-5,7-9H2. The second-order valence-electron chi connectivity index (χ2n) is 4.00. The smallest absolute Gasteiger partial charge is 0.0947 e. The van der Waals surface area contributed by atoms with Crippen molar-refractivity contribution in [3.05, 3.63) is 24.2 Å². The summed E-state index contributed by atoms with van der Waals surface area (Å²) in [5, 5.41) is 3.37. The van der Waals surface area contributed by atoms with Crippen molar-refractivity contribution in [2.45, 2.75) is 6.54 Å². The van der Waals surface area contributed by atoms with Crippen molar-refractivity contribution in [1.82, 2.24) is 10.2 Å². The van der Waals surface area contributed by atoms with Crippen molar-refractivity contribution in [2.75, 3.05) is 37.7 Å². The van der Waals surface area contributed by atoms with E-state index < -0.39 is 10.8 Å². The Morgan fingerprint density at radius 1 is 1.44 bits per heavy atom. The first kappa shape index (κ1) is 11.8. The molecule has 0 saturated carbocycles. The van der Waals surface area contributed by atoms with E-state index in [-0.39, 0.29) is 0 Å². The summed E-state index contributed by atoms with van der Waals surface area (Å²) in [7, 11) is -0.567. The van der Waals surface area contributed by atoms with Gasteiger partial charge < -0.3 is 14.6 Å². The topological polar surface area (TPSA) is 45.5 Å². The molecule has 1 aliphatic heterocycles. The van der Waals surface area contributed by atoms with E-state index in [1.54, 1.807) is 12.5 Å². The fourth-order valence-corrected chi connectivity index (χ4v) is 2.89.